The molecule has 2 heterocycles. The minimum atomic E-state index is -0.123. The van der Waals surface area contributed by atoms with E-state index >= 15 is 0 Å². The second-order valence-electron chi connectivity index (χ2n) is 2.92. The van der Waals surface area contributed by atoms with E-state index in [2.05, 4.69) is 15.5 Å². The molecule has 1 saturated heterocycles. The molecule has 6 nitrogen and oxygen atoms in total. The van der Waals surface area contributed by atoms with E-state index < -0.39 is 0 Å². The van der Waals surface area contributed by atoms with Crippen LogP contribution in [0.3, 0.4) is 0 Å². The van der Waals surface area contributed by atoms with Crippen molar-refractivity contribution in [3.05, 3.63) is 5.82 Å². The summed E-state index contributed by atoms with van der Waals surface area (Å²) in [5.74, 6) is 0.542. The zero-order valence-electron chi connectivity index (χ0n) is 8.02. The maximum Gasteiger partial charge on any atom is 0.417 e. The summed E-state index contributed by atoms with van der Waals surface area (Å²) in [6, 6.07) is 0. The normalized spacial score (nSPS) is 22.2. The van der Waals surface area contributed by atoms with Gasteiger partial charge in [0.25, 0.3) is 0 Å². The molecule has 1 aliphatic heterocycles. The fraction of sp³-hybridized carbons (Fsp3) is 0.750. The van der Waals surface area contributed by atoms with E-state index in [-0.39, 0.29) is 12.2 Å². The van der Waals surface area contributed by atoms with Crippen molar-refractivity contribution in [2.75, 3.05) is 26.3 Å². The molecule has 0 bridgehead atoms. The Bertz CT molecular complexity index is 283. The van der Waals surface area contributed by atoms with Crippen LogP contribution in [0.4, 0.5) is 0 Å². The number of aromatic nitrogens is 2. The third kappa shape index (κ3) is 2.02. The lowest BCUT2D eigenvalue weighted by Crippen LogP contribution is -2.33. The van der Waals surface area contributed by atoms with Crippen molar-refractivity contribution < 1.29 is 14.0 Å². The molecule has 1 unspecified atom stereocenters. The van der Waals surface area contributed by atoms with Crippen LogP contribution in [0.2, 0.25) is 0 Å². The molecule has 0 amide bonds. The van der Waals surface area contributed by atoms with Gasteiger partial charge in [0.05, 0.1) is 13.2 Å². The Morgan fingerprint density at radius 1 is 1.64 bits per heavy atom. The highest BCUT2D eigenvalue weighted by atomic mass is 16.6. The third-order valence-electron chi connectivity index (χ3n) is 1.91. The number of rotatable bonds is 3. The van der Waals surface area contributed by atoms with E-state index in [4.69, 9.17) is 14.0 Å². The third-order valence-corrected chi connectivity index (χ3v) is 1.91. The number of ether oxygens (including phenoxy) is 2. The van der Waals surface area contributed by atoms with Crippen LogP contribution in [0.15, 0.2) is 4.52 Å². The van der Waals surface area contributed by atoms with Gasteiger partial charge in [-0.1, -0.05) is 5.16 Å². The molecular weight excluding hydrogens is 186 g/mol. The van der Waals surface area contributed by atoms with Gasteiger partial charge in [-0.2, -0.15) is 4.98 Å². The molecule has 1 atom stereocenters. The van der Waals surface area contributed by atoms with E-state index in [0.29, 0.717) is 25.6 Å². The van der Waals surface area contributed by atoms with Crippen LogP contribution in [0.1, 0.15) is 18.9 Å². The first-order valence-corrected chi connectivity index (χ1v) is 4.69. The molecule has 6 heteroatoms. The van der Waals surface area contributed by atoms with Gasteiger partial charge >= 0.3 is 6.08 Å². The largest absolute Gasteiger partial charge is 0.449 e. The average molecular weight is 199 g/mol. The summed E-state index contributed by atoms with van der Waals surface area (Å²) in [4.78, 5) is 4.06. The van der Waals surface area contributed by atoms with Crippen LogP contribution in [0.25, 0.3) is 0 Å². The van der Waals surface area contributed by atoms with Gasteiger partial charge in [0.15, 0.2) is 0 Å². The lowest BCUT2D eigenvalue weighted by molar-refractivity contribution is 0.0208. The lowest BCUT2D eigenvalue weighted by Gasteiger charge is -2.20. The molecule has 0 saturated carbocycles. The van der Waals surface area contributed by atoms with E-state index in [1.807, 2.05) is 6.92 Å². The molecule has 0 aromatic carbocycles. The highest BCUT2D eigenvalue weighted by Gasteiger charge is 2.21. The van der Waals surface area contributed by atoms with Gasteiger partial charge in [-0.05, 0) is 6.92 Å². The van der Waals surface area contributed by atoms with Crippen LogP contribution in [-0.2, 0) is 4.74 Å². The maximum absolute atomic E-state index is 5.45. The topological polar surface area (TPSA) is 69.4 Å². The molecule has 0 aliphatic carbocycles. The van der Waals surface area contributed by atoms with Gasteiger partial charge in [0.2, 0.25) is 5.82 Å². The summed E-state index contributed by atoms with van der Waals surface area (Å²) in [6.07, 6.45) is 0.0818. The molecule has 14 heavy (non-hydrogen) atoms. The van der Waals surface area contributed by atoms with Gasteiger partial charge in [0.1, 0.15) is 6.10 Å². The van der Waals surface area contributed by atoms with Gasteiger partial charge in [-0.25, -0.2) is 0 Å². The Kier molecular flexibility index (Phi) is 2.95. The van der Waals surface area contributed by atoms with Crippen LogP contribution >= 0.6 is 0 Å². The minimum Gasteiger partial charge on any atom is -0.449 e. The van der Waals surface area contributed by atoms with Crippen molar-refractivity contribution in [1.82, 2.24) is 15.5 Å². The van der Waals surface area contributed by atoms with Crippen LogP contribution in [-0.4, -0.2) is 36.4 Å². The summed E-state index contributed by atoms with van der Waals surface area (Å²) < 4.78 is 15.4. The highest BCUT2D eigenvalue weighted by molar-refractivity contribution is 4.96. The molecule has 2 rings (SSSR count). The summed E-state index contributed by atoms with van der Waals surface area (Å²) in [7, 11) is 0. The fourth-order valence-corrected chi connectivity index (χ4v) is 1.26. The van der Waals surface area contributed by atoms with Crippen molar-refractivity contribution in [2.45, 2.75) is 13.0 Å². The first-order valence-electron chi connectivity index (χ1n) is 4.69. The van der Waals surface area contributed by atoms with Crippen molar-refractivity contribution in [1.29, 1.82) is 0 Å². The molecule has 78 valence electrons. The molecule has 0 radical (unpaired) electrons. The molecule has 1 fully saturated rings. The average Bonchev–Trinajstić information content (AvgIpc) is 2.68. The number of hydrogen-bond acceptors (Lipinski definition) is 6. The van der Waals surface area contributed by atoms with E-state index in [1.54, 1.807) is 0 Å². The standard InChI is InChI=1S/C8H13N3O3/c1-2-12-8-10-7(11-14-8)6-5-9-3-4-13-6/h6,9H,2-5H2,1H3. The molecule has 0 spiro atoms. The highest BCUT2D eigenvalue weighted by Crippen LogP contribution is 2.17. The van der Waals surface area contributed by atoms with Crippen molar-refractivity contribution >= 4 is 0 Å². The zero-order chi connectivity index (χ0) is 9.80. The monoisotopic (exact) mass is 199 g/mol. The SMILES string of the molecule is CCOc1nc(C2CNCCO2)no1. The Morgan fingerprint density at radius 2 is 2.57 bits per heavy atom. The minimum absolute atomic E-state index is 0.123. The molecular formula is C8H13N3O3. The van der Waals surface area contributed by atoms with Gasteiger partial charge in [-0.3, -0.25) is 4.52 Å². The Morgan fingerprint density at radius 3 is 3.29 bits per heavy atom. The van der Waals surface area contributed by atoms with Crippen LogP contribution < -0.4 is 10.1 Å². The summed E-state index contributed by atoms with van der Waals surface area (Å²) in [6.45, 7) is 4.63. The Hall–Kier alpha value is -1.14. The van der Waals surface area contributed by atoms with Crippen molar-refractivity contribution in [3.63, 3.8) is 0 Å². The molecule has 1 aliphatic rings. The van der Waals surface area contributed by atoms with Gasteiger partial charge < -0.3 is 14.8 Å². The second-order valence-corrected chi connectivity index (χ2v) is 2.92. The van der Waals surface area contributed by atoms with Crippen molar-refractivity contribution in [3.8, 4) is 6.08 Å². The predicted octanol–water partition coefficient (Wildman–Crippen LogP) is 0.129. The van der Waals surface area contributed by atoms with Crippen LogP contribution in [0.5, 0.6) is 6.08 Å². The van der Waals surface area contributed by atoms with E-state index in [9.17, 15) is 0 Å². The molecule has 1 aromatic heterocycles. The zero-order valence-corrected chi connectivity index (χ0v) is 8.02. The smallest absolute Gasteiger partial charge is 0.417 e. The number of nitrogens with zero attached hydrogens (tertiary/aromatic N) is 2. The van der Waals surface area contributed by atoms with Crippen molar-refractivity contribution in [2.24, 2.45) is 0 Å². The summed E-state index contributed by atoms with van der Waals surface area (Å²) in [5, 5.41) is 6.97. The summed E-state index contributed by atoms with van der Waals surface area (Å²) in [5.41, 5.74) is 0. The summed E-state index contributed by atoms with van der Waals surface area (Å²) >= 11 is 0. The quantitative estimate of drug-likeness (QED) is 0.746. The fourth-order valence-electron chi connectivity index (χ4n) is 1.26. The Balaban J connectivity index is 2.00. The lowest BCUT2D eigenvalue weighted by atomic mass is 10.3. The van der Waals surface area contributed by atoms with Crippen LogP contribution in [0, 0.1) is 0 Å². The number of hydrogen-bond donors (Lipinski definition) is 1. The number of morpholine rings is 1. The maximum atomic E-state index is 5.45. The first kappa shape index (κ1) is 9.42. The van der Waals surface area contributed by atoms with Gasteiger partial charge in [0, 0.05) is 13.1 Å². The molecule has 1 N–H and O–H groups in total. The van der Waals surface area contributed by atoms with E-state index in [0.717, 1.165) is 6.54 Å². The number of nitrogens with one attached hydrogen (secondary N) is 1. The van der Waals surface area contributed by atoms with E-state index in [1.165, 1.54) is 0 Å². The second kappa shape index (κ2) is 4.39. The Labute approximate surface area is 81.6 Å². The molecule has 1 aromatic rings. The predicted molar refractivity (Wildman–Crippen MR) is 47.0 cm³/mol. The van der Waals surface area contributed by atoms with Gasteiger partial charge in [-0.15, -0.1) is 0 Å². The first-order chi connectivity index (χ1) is 6.90.